The van der Waals surface area contributed by atoms with Gasteiger partial charge in [0.15, 0.2) is 0 Å². The summed E-state index contributed by atoms with van der Waals surface area (Å²) in [5.74, 6) is -2.17. The van der Waals surface area contributed by atoms with Gasteiger partial charge in [-0.1, -0.05) is 6.42 Å². The van der Waals surface area contributed by atoms with Crippen LogP contribution in [0.5, 0.6) is 0 Å². The monoisotopic (exact) mass is 400 g/mol. The zero-order valence-electron chi connectivity index (χ0n) is 16.6. The van der Waals surface area contributed by atoms with Crippen molar-refractivity contribution in [3.8, 4) is 0 Å². The standard InChI is InChI=1S/C21H28N4O4/c1-25-11-9-13-12-14(7-8-18(13)25)19(26)24-17(6-3-10-22)20(27)23-16-5-2-4-15(16)21(28)29/h7-9,11-12,15-17H,2-6,10,22H2,1H3,(H,23,27)(H,24,26)(H,28,29)/t15-,16+,17+/m1/s1. The van der Waals surface area contributed by atoms with Gasteiger partial charge in [0.25, 0.3) is 5.91 Å². The number of rotatable bonds is 8. The number of carbonyl (C=O) groups is 3. The third kappa shape index (κ3) is 4.76. The minimum absolute atomic E-state index is 0.339. The summed E-state index contributed by atoms with van der Waals surface area (Å²) in [6.07, 6.45) is 4.83. The van der Waals surface area contributed by atoms with Gasteiger partial charge in [0, 0.05) is 35.8 Å². The SMILES string of the molecule is Cn1ccc2cc(C(=O)N[C@@H](CCCN)C(=O)N[C@H]3CCC[C@H]3C(=O)O)ccc21. The van der Waals surface area contributed by atoms with Crippen molar-refractivity contribution in [3.05, 3.63) is 36.0 Å². The molecule has 2 amide bonds. The van der Waals surface area contributed by atoms with Gasteiger partial charge in [-0.3, -0.25) is 14.4 Å². The molecule has 1 saturated carbocycles. The number of carboxylic acid groups (broad SMARTS) is 1. The molecule has 5 N–H and O–H groups in total. The van der Waals surface area contributed by atoms with E-state index < -0.39 is 24.0 Å². The van der Waals surface area contributed by atoms with Gasteiger partial charge in [0.05, 0.1) is 5.92 Å². The van der Waals surface area contributed by atoms with Crippen LogP contribution in [-0.2, 0) is 16.6 Å². The summed E-state index contributed by atoms with van der Waals surface area (Å²) < 4.78 is 1.97. The van der Waals surface area contributed by atoms with E-state index in [1.807, 2.05) is 29.9 Å². The second-order valence-corrected chi connectivity index (χ2v) is 7.65. The predicted molar refractivity (Wildman–Crippen MR) is 109 cm³/mol. The molecule has 1 aromatic carbocycles. The molecule has 8 heteroatoms. The number of aryl methyl sites for hydroxylation is 1. The van der Waals surface area contributed by atoms with Crippen LogP contribution in [0.2, 0.25) is 0 Å². The third-order valence-electron chi connectivity index (χ3n) is 5.63. The Morgan fingerprint density at radius 1 is 1.28 bits per heavy atom. The van der Waals surface area contributed by atoms with Gasteiger partial charge in [0.2, 0.25) is 5.91 Å². The molecule has 1 aliphatic carbocycles. The lowest BCUT2D eigenvalue weighted by Crippen LogP contribution is -2.51. The molecule has 3 atom stereocenters. The van der Waals surface area contributed by atoms with Crippen LogP contribution in [0.4, 0.5) is 0 Å². The number of benzene rings is 1. The number of carboxylic acids is 1. The van der Waals surface area contributed by atoms with Crippen molar-refractivity contribution in [1.29, 1.82) is 0 Å². The van der Waals surface area contributed by atoms with Crippen molar-refractivity contribution < 1.29 is 19.5 Å². The smallest absolute Gasteiger partial charge is 0.308 e. The van der Waals surface area contributed by atoms with Crippen LogP contribution in [0.3, 0.4) is 0 Å². The number of aliphatic carboxylic acids is 1. The third-order valence-corrected chi connectivity index (χ3v) is 5.63. The van der Waals surface area contributed by atoms with E-state index in [0.717, 1.165) is 17.3 Å². The van der Waals surface area contributed by atoms with Crippen molar-refractivity contribution in [1.82, 2.24) is 15.2 Å². The Balaban J connectivity index is 1.70. The molecule has 2 aromatic rings. The maximum atomic E-state index is 12.8. The molecule has 0 aliphatic heterocycles. The number of nitrogens with zero attached hydrogens (tertiary/aromatic N) is 1. The van der Waals surface area contributed by atoms with E-state index in [0.29, 0.717) is 37.8 Å². The van der Waals surface area contributed by atoms with Gasteiger partial charge in [-0.2, -0.15) is 0 Å². The number of carbonyl (C=O) groups excluding carboxylic acids is 2. The Morgan fingerprint density at radius 2 is 2.07 bits per heavy atom. The number of nitrogens with two attached hydrogens (primary N) is 1. The van der Waals surface area contributed by atoms with Gasteiger partial charge in [-0.25, -0.2) is 0 Å². The maximum Gasteiger partial charge on any atom is 0.308 e. The van der Waals surface area contributed by atoms with Crippen LogP contribution in [0.25, 0.3) is 10.9 Å². The number of hydrogen-bond donors (Lipinski definition) is 4. The molecular formula is C21H28N4O4. The van der Waals surface area contributed by atoms with E-state index in [4.69, 9.17) is 5.73 Å². The highest BCUT2D eigenvalue weighted by Crippen LogP contribution is 2.26. The van der Waals surface area contributed by atoms with E-state index in [1.165, 1.54) is 0 Å². The molecule has 3 rings (SSSR count). The van der Waals surface area contributed by atoms with Gasteiger partial charge < -0.3 is 26.0 Å². The van der Waals surface area contributed by atoms with Crippen LogP contribution in [0, 0.1) is 5.92 Å². The van der Waals surface area contributed by atoms with Crippen molar-refractivity contribution in [2.24, 2.45) is 18.7 Å². The first kappa shape index (κ1) is 20.9. The highest BCUT2D eigenvalue weighted by Gasteiger charge is 2.35. The Labute approximate surface area is 169 Å². The van der Waals surface area contributed by atoms with Gasteiger partial charge >= 0.3 is 5.97 Å². The van der Waals surface area contributed by atoms with Crippen molar-refractivity contribution in [2.45, 2.75) is 44.2 Å². The summed E-state index contributed by atoms with van der Waals surface area (Å²) in [5.41, 5.74) is 7.07. The fourth-order valence-corrected chi connectivity index (χ4v) is 3.97. The number of amides is 2. The summed E-state index contributed by atoms with van der Waals surface area (Å²) in [6.45, 7) is 0.400. The maximum absolute atomic E-state index is 12.8. The van der Waals surface area contributed by atoms with Crippen LogP contribution >= 0.6 is 0 Å². The predicted octanol–water partition coefficient (Wildman–Crippen LogP) is 1.39. The van der Waals surface area contributed by atoms with Crippen LogP contribution in [0.15, 0.2) is 30.5 Å². The topological polar surface area (TPSA) is 126 Å². The highest BCUT2D eigenvalue weighted by atomic mass is 16.4. The molecule has 0 unspecified atom stereocenters. The molecule has 1 fully saturated rings. The Bertz CT molecular complexity index is 907. The van der Waals surface area contributed by atoms with Crippen molar-refractivity contribution >= 4 is 28.7 Å². The van der Waals surface area contributed by atoms with E-state index >= 15 is 0 Å². The minimum atomic E-state index is -0.897. The molecule has 1 aliphatic rings. The summed E-state index contributed by atoms with van der Waals surface area (Å²) in [4.78, 5) is 36.9. The number of aromatic nitrogens is 1. The van der Waals surface area contributed by atoms with Crippen LogP contribution < -0.4 is 16.4 Å². The molecule has 0 bridgehead atoms. The molecule has 0 radical (unpaired) electrons. The lowest BCUT2D eigenvalue weighted by Gasteiger charge is -2.23. The number of nitrogens with one attached hydrogen (secondary N) is 2. The lowest BCUT2D eigenvalue weighted by atomic mass is 10.0. The summed E-state index contributed by atoms with van der Waals surface area (Å²) in [6, 6.07) is 6.16. The molecule has 0 saturated heterocycles. The molecule has 156 valence electrons. The van der Waals surface area contributed by atoms with Crippen molar-refractivity contribution in [3.63, 3.8) is 0 Å². The first-order valence-electron chi connectivity index (χ1n) is 10.00. The van der Waals surface area contributed by atoms with E-state index in [1.54, 1.807) is 12.1 Å². The molecule has 8 nitrogen and oxygen atoms in total. The highest BCUT2D eigenvalue weighted by molar-refractivity contribution is 6.00. The average Bonchev–Trinajstić information content (AvgIpc) is 3.31. The molecule has 29 heavy (non-hydrogen) atoms. The summed E-state index contributed by atoms with van der Waals surface area (Å²) in [7, 11) is 1.93. The molecule has 1 heterocycles. The van der Waals surface area contributed by atoms with E-state index in [9.17, 15) is 19.5 Å². The Morgan fingerprint density at radius 3 is 2.79 bits per heavy atom. The molecule has 0 spiro atoms. The zero-order chi connectivity index (χ0) is 21.0. The largest absolute Gasteiger partial charge is 0.481 e. The van der Waals surface area contributed by atoms with Gasteiger partial charge in [-0.15, -0.1) is 0 Å². The average molecular weight is 400 g/mol. The number of fused-ring (bicyclic) bond motifs is 1. The normalized spacial score (nSPS) is 19.8. The first-order valence-corrected chi connectivity index (χ1v) is 10.00. The summed E-state index contributed by atoms with van der Waals surface area (Å²) in [5, 5.41) is 15.9. The second-order valence-electron chi connectivity index (χ2n) is 7.65. The second kappa shape index (κ2) is 9.09. The van der Waals surface area contributed by atoms with E-state index in [-0.39, 0.29) is 11.8 Å². The van der Waals surface area contributed by atoms with Gasteiger partial charge in [0.1, 0.15) is 6.04 Å². The zero-order valence-corrected chi connectivity index (χ0v) is 16.6. The summed E-state index contributed by atoms with van der Waals surface area (Å²) >= 11 is 0. The van der Waals surface area contributed by atoms with Gasteiger partial charge in [-0.05, 0) is 56.5 Å². The van der Waals surface area contributed by atoms with Crippen molar-refractivity contribution in [2.75, 3.05) is 6.54 Å². The quantitative estimate of drug-likeness (QED) is 0.533. The van der Waals surface area contributed by atoms with Crippen LogP contribution in [-0.4, -0.2) is 46.1 Å². The first-order chi connectivity index (χ1) is 13.9. The van der Waals surface area contributed by atoms with E-state index in [2.05, 4.69) is 10.6 Å². The fraction of sp³-hybridized carbons (Fsp3) is 0.476. The minimum Gasteiger partial charge on any atom is -0.481 e. The molecule has 1 aromatic heterocycles. The fourth-order valence-electron chi connectivity index (χ4n) is 3.97. The Kier molecular flexibility index (Phi) is 6.53. The molecular weight excluding hydrogens is 372 g/mol. The Hall–Kier alpha value is -2.87. The number of hydrogen-bond acceptors (Lipinski definition) is 4. The van der Waals surface area contributed by atoms with Crippen LogP contribution in [0.1, 0.15) is 42.5 Å². The lowest BCUT2D eigenvalue weighted by molar-refractivity contribution is -0.142.